The molecule has 18 heavy (non-hydrogen) atoms. The minimum atomic E-state index is 0.752. The van der Waals surface area contributed by atoms with Gasteiger partial charge in [0.15, 0.2) is 0 Å². The molecule has 0 saturated heterocycles. The Bertz CT molecular complexity index is 496. The van der Waals surface area contributed by atoms with Crippen LogP contribution >= 0.6 is 0 Å². The molecule has 1 heterocycles. The van der Waals surface area contributed by atoms with Crippen LogP contribution in [-0.2, 0) is 19.6 Å². The summed E-state index contributed by atoms with van der Waals surface area (Å²) in [5, 5.41) is 11.5. The predicted molar refractivity (Wildman–Crippen MR) is 72.2 cm³/mol. The summed E-state index contributed by atoms with van der Waals surface area (Å²) in [5.74, 6) is 0.990. The van der Waals surface area contributed by atoms with Crippen molar-refractivity contribution in [1.29, 1.82) is 0 Å². The van der Waals surface area contributed by atoms with Gasteiger partial charge in [-0.2, -0.15) is 0 Å². The van der Waals surface area contributed by atoms with Gasteiger partial charge in [0, 0.05) is 13.1 Å². The summed E-state index contributed by atoms with van der Waals surface area (Å²) < 4.78 is 2.05. The van der Waals surface area contributed by atoms with E-state index in [4.69, 9.17) is 0 Å². The molecule has 96 valence electrons. The molecule has 0 saturated carbocycles. The maximum absolute atomic E-state index is 4.11. The van der Waals surface area contributed by atoms with Crippen molar-refractivity contribution < 1.29 is 0 Å². The molecule has 0 unspecified atom stereocenters. The van der Waals surface area contributed by atoms with Crippen molar-refractivity contribution in [2.45, 2.75) is 40.4 Å². The first-order valence-corrected chi connectivity index (χ1v) is 6.35. The highest BCUT2D eigenvalue weighted by molar-refractivity contribution is 5.33. The van der Waals surface area contributed by atoms with Crippen molar-refractivity contribution in [3.63, 3.8) is 0 Å². The molecule has 0 aliphatic heterocycles. The number of aromatic nitrogens is 3. The molecule has 2 aromatic rings. The van der Waals surface area contributed by atoms with E-state index in [-0.39, 0.29) is 0 Å². The van der Waals surface area contributed by atoms with Gasteiger partial charge in [-0.15, -0.1) is 10.2 Å². The van der Waals surface area contributed by atoms with Crippen LogP contribution in [0.15, 0.2) is 24.5 Å². The lowest BCUT2D eigenvalue weighted by atomic mass is 10.0. The van der Waals surface area contributed by atoms with Crippen molar-refractivity contribution in [1.82, 2.24) is 20.1 Å². The Kier molecular flexibility index (Phi) is 4.10. The topological polar surface area (TPSA) is 42.7 Å². The number of benzene rings is 1. The van der Waals surface area contributed by atoms with E-state index in [0.717, 1.165) is 25.5 Å². The molecule has 1 N–H and O–H groups in total. The normalized spacial score (nSPS) is 10.8. The maximum Gasteiger partial charge on any atom is 0.146 e. The van der Waals surface area contributed by atoms with Crippen LogP contribution < -0.4 is 5.32 Å². The Hall–Kier alpha value is -1.68. The van der Waals surface area contributed by atoms with Gasteiger partial charge in [0.2, 0.25) is 0 Å². The van der Waals surface area contributed by atoms with E-state index in [9.17, 15) is 0 Å². The molecule has 1 aromatic heterocycles. The van der Waals surface area contributed by atoms with E-state index in [1.807, 2.05) is 0 Å². The predicted octanol–water partition coefficient (Wildman–Crippen LogP) is 2.20. The smallest absolute Gasteiger partial charge is 0.146 e. The Morgan fingerprint density at radius 1 is 1.17 bits per heavy atom. The molecular weight excluding hydrogens is 224 g/mol. The van der Waals surface area contributed by atoms with Gasteiger partial charge >= 0.3 is 0 Å². The van der Waals surface area contributed by atoms with Crippen LogP contribution in [0.25, 0.3) is 0 Å². The summed E-state index contributed by atoms with van der Waals surface area (Å²) in [5.41, 5.74) is 4.04. The lowest BCUT2D eigenvalue weighted by Gasteiger charge is -2.11. The third kappa shape index (κ3) is 2.76. The molecule has 0 fully saturated rings. The van der Waals surface area contributed by atoms with Gasteiger partial charge in [0.1, 0.15) is 12.2 Å². The molecular formula is C14H20N4. The zero-order valence-corrected chi connectivity index (χ0v) is 11.3. The van der Waals surface area contributed by atoms with Crippen LogP contribution in [0.5, 0.6) is 0 Å². The first-order chi connectivity index (χ1) is 8.72. The molecule has 0 amide bonds. The summed E-state index contributed by atoms with van der Waals surface area (Å²) in [4.78, 5) is 0. The van der Waals surface area contributed by atoms with Crippen LogP contribution in [0.1, 0.15) is 29.4 Å². The van der Waals surface area contributed by atoms with Gasteiger partial charge in [0.25, 0.3) is 0 Å². The standard InChI is InChI=1S/C14H20N4/c1-4-18-10-16-17-14(18)9-15-8-13-11(2)6-5-7-12(13)3/h5-7,10,15H,4,8-9H2,1-3H3. The molecule has 4 heteroatoms. The third-order valence-corrected chi connectivity index (χ3v) is 3.27. The number of nitrogens with one attached hydrogen (secondary N) is 1. The minimum Gasteiger partial charge on any atom is -0.317 e. The van der Waals surface area contributed by atoms with Crippen molar-refractivity contribution in [2.24, 2.45) is 0 Å². The van der Waals surface area contributed by atoms with E-state index in [2.05, 4.69) is 59.1 Å². The van der Waals surface area contributed by atoms with E-state index in [1.54, 1.807) is 6.33 Å². The van der Waals surface area contributed by atoms with E-state index in [1.165, 1.54) is 16.7 Å². The average Bonchev–Trinajstić information content (AvgIpc) is 2.80. The highest BCUT2D eigenvalue weighted by Gasteiger charge is 2.04. The first-order valence-electron chi connectivity index (χ1n) is 6.35. The van der Waals surface area contributed by atoms with Crippen molar-refractivity contribution in [2.75, 3.05) is 0 Å². The number of aryl methyl sites for hydroxylation is 3. The van der Waals surface area contributed by atoms with Gasteiger partial charge in [-0.25, -0.2) is 0 Å². The molecule has 0 aliphatic rings. The second-order valence-electron chi connectivity index (χ2n) is 4.51. The van der Waals surface area contributed by atoms with Crippen LogP contribution in [0, 0.1) is 13.8 Å². The zero-order chi connectivity index (χ0) is 13.0. The SMILES string of the molecule is CCn1cnnc1CNCc1c(C)cccc1C. The maximum atomic E-state index is 4.11. The quantitative estimate of drug-likeness (QED) is 0.877. The van der Waals surface area contributed by atoms with Gasteiger partial charge < -0.3 is 9.88 Å². The second kappa shape index (κ2) is 5.78. The molecule has 2 rings (SSSR count). The number of rotatable bonds is 5. The monoisotopic (exact) mass is 244 g/mol. The first kappa shape index (κ1) is 12.8. The fourth-order valence-corrected chi connectivity index (χ4v) is 2.11. The second-order valence-corrected chi connectivity index (χ2v) is 4.51. The lowest BCUT2D eigenvalue weighted by molar-refractivity contribution is 0.610. The van der Waals surface area contributed by atoms with Crippen LogP contribution in [0.4, 0.5) is 0 Å². The Labute approximate surface area is 108 Å². The van der Waals surface area contributed by atoms with E-state index in [0.29, 0.717) is 0 Å². The number of nitrogens with zero attached hydrogens (tertiary/aromatic N) is 3. The molecule has 1 aromatic carbocycles. The fraction of sp³-hybridized carbons (Fsp3) is 0.429. The highest BCUT2D eigenvalue weighted by Crippen LogP contribution is 2.12. The van der Waals surface area contributed by atoms with Gasteiger partial charge in [0.05, 0.1) is 6.54 Å². The summed E-state index contributed by atoms with van der Waals surface area (Å²) in [6.07, 6.45) is 1.77. The van der Waals surface area contributed by atoms with Crippen molar-refractivity contribution in [3.05, 3.63) is 47.0 Å². The largest absolute Gasteiger partial charge is 0.317 e. The highest BCUT2D eigenvalue weighted by atomic mass is 15.3. The van der Waals surface area contributed by atoms with E-state index >= 15 is 0 Å². The summed E-state index contributed by atoms with van der Waals surface area (Å²) in [6.45, 7) is 8.93. The number of hydrogen-bond donors (Lipinski definition) is 1. The molecule has 0 spiro atoms. The number of hydrogen-bond acceptors (Lipinski definition) is 3. The molecule has 0 radical (unpaired) electrons. The molecule has 0 atom stereocenters. The molecule has 0 aliphatic carbocycles. The lowest BCUT2D eigenvalue weighted by Crippen LogP contribution is -2.17. The summed E-state index contributed by atoms with van der Waals surface area (Å²) in [6, 6.07) is 6.40. The average molecular weight is 244 g/mol. The minimum absolute atomic E-state index is 0.752. The van der Waals surface area contributed by atoms with E-state index < -0.39 is 0 Å². The van der Waals surface area contributed by atoms with Gasteiger partial charge in [-0.05, 0) is 37.5 Å². The van der Waals surface area contributed by atoms with Gasteiger partial charge in [-0.3, -0.25) is 0 Å². The molecule has 4 nitrogen and oxygen atoms in total. The van der Waals surface area contributed by atoms with Crippen LogP contribution in [-0.4, -0.2) is 14.8 Å². The summed E-state index contributed by atoms with van der Waals surface area (Å²) >= 11 is 0. The third-order valence-electron chi connectivity index (χ3n) is 3.27. The van der Waals surface area contributed by atoms with Crippen molar-refractivity contribution >= 4 is 0 Å². The van der Waals surface area contributed by atoms with Crippen LogP contribution in [0.2, 0.25) is 0 Å². The molecule has 0 bridgehead atoms. The van der Waals surface area contributed by atoms with Crippen molar-refractivity contribution in [3.8, 4) is 0 Å². The van der Waals surface area contributed by atoms with Gasteiger partial charge in [-0.1, -0.05) is 18.2 Å². The Morgan fingerprint density at radius 2 is 1.89 bits per heavy atom. The Morgan fingerprint density at radius 3 is 2.56 bits per heavy atom. The van der Waals surface area contributed by atoms with Crippen LogP contribution in [0.3, 0.4) is 0 Å². The zero-order valence-electron chi connectivity index (χ0n) is 11.3. The summed E-state index contributed by atoms with van der Waals surface area (Å²) in [7, 11) is 0. The fourth-order valence-electron chi connectivity index (χ4n) is 2.11. The Balaban J connectivity index is 1.97.